The molecule has 0 bridgehead atoms. The summed E-state index contributed by atoms with van der Waals surface area (Å²) in [5.41, 5.74) is 6.88. The predicted molar refractivity (Wildman–Crippen MR) is 95.7 cm³/mol. The molecule has 0 saturated heterocycles. The molecule has 1 atom stereocenters. The Hall–Kier alpha value is -1.59. The first-order valence-electron chi connectivity index (χ1n) is 8.02. The molecule has 6 heteroatoms. The van der Waals surface area contributed by atoms with Crippen LogP contribution in [0.3, 0.4) is 0 Å². The van der Waals surface area contributed by atoms with Crippen LogP contribution in [0.2, 0.25) is 0 Å². The Kier molecular flexibility index (Phi) is 8.06. The number of carbonyl (C=O) groups excluding carboxylic acids is 2. The maximum atomic E-state index is 12.2. The molecule has 0 aromatic heterocycles. The first-order chi connectivity index (χ1) is 10.6. The van der Waals surface area contributed by atoms with Crippen LogP contribution >= 0.6 is 12.4 Å². The van der Waals surface area contributed by atoms with Gasteiger partial charge in [-0.15, -0.1) is 12.4 Å². The van der Waals surface area contributed by atoms with Crippen molar-refractivity contribution in [1.29, 1.82) is 0 Å². The van der Waals surface area contributed by atoms with Crippen molar-refractivity contribution < 1.29 is 9.59 Å². The predicted octanol–water partition coefficient (Wildman–Crippen LogP) is 3.16. The smallest absolute Gasteiger partial charge is 0.228 e. The normalized spacial score (nSPS) is 16.1. The molecule has 0 radical (unpaired) electrons. The Morgan fingerprint density at radius 2 is 1.78 bits per heavy atom. The molecule has 2 rings (SSSR count). The van der Waals surface area contributed by atoms with Gasteiger partial charge in [-0.1, -0.05) is 32.3 Å². The number of nitrogens with one attached hydrogen (secondary N) is 2. The summed E-state index contributed by atoms with van der Waals surface area (Å²) >= 11 is 0. The summed E-state index contributed by atoms with van der Waals surface area (Å²) in [6.07, 6.45) is 5.42. The van der Waals surface area contributed by atoms with Crippen molar-refractivity contribution in [3.63, 3.8) is 0 Å². The number of hydrogen-bond acceptors (Lipinski definition) is 3. The van der Waals surface area contributed by atoms with Crippen LogP contribution in [0.4, 0.5) is 11.4 Å². The SMILES string of the molecule is CC(CN)C(=O)Nc1cccc(NC(=O)C2CCCCC2)c1.Cl. The van der Waals surface area contributed by atoms with Crippen LogP contribution in [0.15, 0.2) is 24.3 Å². The molecule has 5 nitrogen and oxygen atoms in total. The third-order valence-corrected chi connectivity index (χ3v) is 4.17. The number of nitrogens with two attached hydrogens (primary N) is 1. The van der Waals surface area contributed by atoms with E-state index in [1.54, 1.807) is 19.1 Å². The van der Waals surface area contributed by atoms with E-state index in [4.69, 9.17) is 5.73 Å². The summed E-state index contributed by atoms with van der Waals surface area (Å²) in [6.45, 7) is 2.09. The van der Waals surface area contributed by atoms with E-state index in [9.17, 15) is 9.59 Å². The van der Waals surface area contributed by atoms with Gasteiger partial charge in [0, 0.05) is 29.8 Å². The lowest BCUT2D eigenvalue weighted by atomic mass is 9.88. The van der Waals surface area contributed by atoms with Gasteiger partial charge in [0.2, 0.25) is 11.8 Å². The molecular weight excluding hydrogens is 314 g/mol. The van der Waals surface area contributed by atoms with Gasteiger partial charge in [-0.05, 0) is 31.0 Å². The van der Waals surface area contributed by atoms with E-state index < -0.39 is 0 Å². The van der Waals surface area contributed by atoms with Crippen LogP contribution < -0.4 is 16.4 Å². The van der Waals surface area contributed by atoms with Crippen molar-refractivity contribution in [2.24, 2.45) is 17.6 Å². The van der Waals surface area contributed by atoms with Crippen LogP contribution in [-0.2, 0) is 9.59 Å². The highest BCUT2D eigenvalue weighted by Crippen LogP contribution is 2.25. The summed E-state index contributed by atoms with van der Waals surface area (Å²) in [6, 6.07) is 7.24. The van der Waals surface area contributed by atoms with Gasteiger partial charge in [-0.2, -0.15) is 0 Å². The highest BCUT2D eigenvalue weighted by Gasteiger charge is 2.21. The minimum Gasteiger partial charge on any atom is -0.330 e. The Labute approximate surface area is 143 Å². The largest absolute Gasteiger partial charge is 0.330 e. The van der Waals surface area contributed by atoms with Gasteiger partial charge in [-0.25, -0.2) is 0 Å². The van der Waals surface area contributed by atoms with Gasteiger partial charge < -0.3 is 16.4 Å². The van der Waals surface area contributed by atoms with Crippen molar-refractivity contribution in [3.8, 4) is 0 Å². The second-order valence-electron chi connectivity index (χ2n) is 6.03. The van der Waals surface area contributed by atoms with Gasteiger partial charge in [0.15, 0.2) is 0 Å². The molecule has 128 valence electrons. The van der Waals surface area contributed by atoms with E-state index in [0.29, 0.717) is 17.9 Å². The quantitative estimate of drug-likeness (QED) is 0.770. The number of carbonyl (C=O) groups is 2. The lowest BCUT2D eigenvalue weighted by molar-refractivity contribution is -0.121. The summed E-state index contributed by atoms with van der Waals surface area (Å²) in [7, 11) is 0. The molecule has 23 heavy (non-hydrogen) atoms. The van der Waals surface area contributed by atoms with E-state index in [0.717, 1.165) is 25.7 Å². The molecule has 0 spiro atoms. The lowest BCUT2D eigenvalue weighted by Crippen LogP contribution is -2.27. The van der Waals surface area contributed by atoms with E-state index in [1.165, 1.54) is 6.42 Å². The van der Waals surface area contributed by atoms with E-state index in [-0.39, 0.29) is 36.1 Å². The van der Waals surface area contributed by atoms with Gasteiger partial charge >= 0.3 is 0 Å². The average Bonchev–Trinajstić information content (AvgIpc) is 2.55. The van der Waals surface area contributed by atoms with Crippen molar-refractivity contribution >= 4 is 35.6 Å². The number of amides is 2. The van der Waals surface area contributed by atoms with Crippen LogP contribution in [0.5, 0.6) is 0 Å². The van der Waals surface area contributed by atoms with Crippen LogP contribution in [0, 0.1) is 11.8 Å². The number of benzene rings is 1. The maximum absolute atomic E-state index is 12.2. The topological polar surface area (TPSA) is 84.2 Å². The Bertz CT molecular complexity index is 530. The van der Waals surface area contributed by atoms with Crippen LogP contribution in [0.1, 0.15) is 39.0 Å². The summed E-state index contributed by atoms with van der Waals surface area (Å²) in [4.78, 5) is 24.1. The fourth-order valence-electron chi connectivity index (χ4n) is 2.66. The zero-order valence-corrected chi connectivity index (χ0v) is 14.3. The van der Waals surface area contributed by atoms with Gasteiger partial charge in [0.05, 0.1) is 0 Å². The van der Waals surface area contributed by atoms with Gasteiger partial charge in [0.1, 0.15) is 0 Å². The number of halogens is 1. The third-order valence-electron chi connectivity index (χ3n) is 4.17. The Morgan fingerprint density at radius 3 is 2.39 bits per heavy atom. The second-order valence-corrected chi connectivity index (χ2v) is 6.03. The van der Waals surface area contributed by atoms with Crippen molar-refractivity contribution in [1.82, 2.24) is 0 Å². The first-order valence-corrected chi connectivity index (χ1v) is 8.02. The minimum atomic E-state index is -0.236. The molecule has 0 aliphatic heterocycles. The molecule has 4 N–H and O–H groups in total. The zero-order chi connectivity index (χ0) is 15.9. The summed E-state index contributed by atoms with van der Waals surface area (Å²) in [5.74, 6) is -0.151. The molecule has 1 saturated carbocycles. The van der Waals surface area contributed by atoms with Crippen LogP contribution in [-0.4, -0.2) is 18.4 Å². The minimum absolute atomic E-state index is 0. The molecule has 1 aliphatic rings. The molecule has 2 amide bonds. The third kappa shape index (κ3) is 5.84. The second kappa shape index (κ2) is 9.53. The summed E-state index contributed by atoms with van der Waals surface area (Å²) in [5, 5.41) is 5.77. The number of rotatable bonds is 5. The van der Waals surface area contributed by atoms with Crippen LogP contribution in [0.25, 0.3) is 0 Å². The standard InChI is InChI=1S/C17H25N3O2.ClH/c1-12(11-18)16(21)19-14-8-5-9-15(10-14)20-17(22)13-6-3-2-4-7-13;/h5,8-10,12-13H,2-4,6-7,11,18H2,1H3,(H,19,21)(H,20,22);1H. The van der Waals surface area contributed by atoms with Gasteiger partial charge in [0.25, 0.3) is 0 Å². The molecular formula is C17H26ClN3O2. The monoisotopic (exact) mass is 339 g/mol. The van der Waals surface area contributed by atoms with Gasteiger partial charge in [-0.3, -0.25) is 9.59 Å². The highest BCUT2D eigenvalue weighted by atomic mass is 35.5. The van der Waals surface area contributed by atoms with E-state index >= 15 is 0 Å². The van der Waals surface area contributed by atoms with Crippen molar-refractivity contribution in [3.05, 3.63) is 24.3 Å². The van der Waals surface area contributed by atoms with Crippen molar-refractivity contribution in [2.45, 2.75) is 39.0 Å². The molecule has 1 unspecified atom stereocenters. The maximum Gasteiger partial charge on any atom is 0.228 e. The fourth-order valence-corrected chi connectivity index (χ4v) is 2.66. The molecule has 1 aliphatic carbocycles. The zero-order valence-electron chi connectivity index (χ0n) is 13.5. The summed E-state index contributed by atoms with van der Waals surface area (Å²) < 4.78 is 0. The number of anilines is 2. The lowest BCUT2D eigenvalue weighted by Gasteiger charge is -2.21. The molecule has 0 heterocycles. The average molecular weight is 340 g/mol. The Balaban J connectivity index is 0.00000264. The number of hydrogen-bond donors (Lipinski definition) is 3. The van der Waals surface area contributed by atoms with E-state index in [2.05, 4.69) is 10.6 Å². The van der Waals surface area contributed by atoms with E-state index in [1.807, 2.05) is 12.1 Å². The first kappa shape index (κ1) is 19.5. The highest BCUT2D eigenvalue weighted by molar-refractivity contribution is 5.95. The molecule has 1 aromatic carbocycles. The molecule has 1 aromatic rings. The Morgan fingerprint density at radius 1 is 1.17 bits per heavy atom. The van der Waals surface area contributed by atoms with Crippen molar-refractivity contribution in [2.75, 3.05) is 17.2 Å². The fraction of sp³-hybridized carbons (Fsp3) is 0.529. The molecule has 1 fully saturated rings.